The molecule has 1 aromatic carbocycles. The van der Waals surface area contributed by atoms with Gasteiger partial charge in [0.1, 0.15) is 17.3 Å². The van der Waals surface area contributed by atoms with Crippen LogP contribution < -0.4 is 21.9 Å². The van der Waals surface area contributed by atoms with E-state index in [1.54, 1.807) is 12.2 Å². The summed E-state index contributed by atoms with van der Waals surface area (Å²) >= 11 is 0. The topological polar surface area (TPSA) is 116 Å². The summed E-state index contributed by atoms with van der Waals surface area (Å²) in [7, 11) is 1.50. The van der Waals surface area contributed by atoms with Crippen molar-refractivity contribution in [2.45, 2.75) is 32.7 Å². The number of terminal acetylenes is 1. The van der Waals surface area contributed by atoms with Crippen LogP contribution >= 0.6 is 0 Å². The van der Waals surface area contributed by atoms with Crippen LogP contribution in [0.2, 0.25) is 0 Å². The van der Waals surface area contributed by atoms with Crippen molar-refractivity contribution in [2.75, 3.05) is 26.7 Å². The quantitative estimate of drug-likeness (QED) is 0.179. The van der Waals surface area contributed by atoms with Gasteiger partial charge < -0.3 is 21.9 Å². The van der Waals surface area contributed by atoms with Crippen LogP contribution in [-0.2, 0) is 6.54 Å². The first-order valence-corrected chi connectivity index (χ1v) is 12.7. The zero-order valence-corrected chi connectivity index (χ0v) is 23.2. The average Bonchev–Trinajstić information content (AvgIpc) is 2.97. The van der Waals surface area contributed by atoms with Crippen LogP contribution in [0.5, 0.6) is 11.5 Å². The van der Waals surface area contributed by atoms with Crippen LogP contribution in [0.1, 0.15) is 31.9 Å². The van der Waals surface area contributed by atoms with Gasteiger partial charge in [0.05, 0.1) is 12.0 Å². The Hall–Kier alpha value is -4.03. The molecule has 1 aliphatic heterocycles. The molecule has 6 N–H and O–H groups in total. The largest absolute Gasteiger partial charge is 0.457 e. The fraction of sp³-hybridized carbons (Fsp3) is 0.290. The maximum absolute atomic E-state index is 12.2. The number of nitrogens with zero attached hydrogens (tertiary/aromatic N) is 3. The molecule has 3 rings (SSSR count). The highest BCUT2D eigenvalue weighted by Gasteiger charge is 2.11. The molecule has 0 spiro atoms. The summed E-state index contributed by atoms with van der Waals surface area (Å²) in [5.74, 6) is 1.27. The van der Waals surface area contributed by atoms with E-state index in [2.05, 4.69) is 33.6 Å². The summed E-state index contributed by atoms with van der Waals surface area (Å²) in [5, 5.41) is 0. The number of benzene rings is 1. The van der Waals surface area contributed by atoms with Gasteiger partial charge in [0, 0.05) is 31.4 Å². The molecular weight excluding hydrogens is 491 g/mol. The van der Waals surface area contributed by atoms with Crippen molar-refractivity contribution in [3.05, 3.63) is 103 Å². The van der Waals surface area contributed by atoms with Gasteiger partial charge in [-0.3, -0.25) is 9.88 Å². The van der Waals surface area contributed by atoms with E-state index >= 15 is 0 Å². The molecule has 0 amide bonds. The van der Waals surface area contributed by atoms with Crippen molar-refractivity contribution < 1.29 is 9.13 Å². The summed E-state index contributed by atoms with van der Waals surface area (Å²) in [5.41, 5.74) is 16.5. The predicted molar refractivity (Wildman–Crippen MR) is 163 cm³/mol. The fourth-order valence-electron chi connectivity index (χ4n) is 3.26. The number of nitrogens with two attached hydrogens (primary N) is 3. The SMILES string of the molecule is C#CN=CN.C=C(F)\C=C/C(=C\C)/C=C/CN.CN.c1ccc(Oc2ccnc(CN3CCCCC3)c2)cc1. The minimum Gasteiger partial charge on any atom is -0.457 e. The number of halogens is 1. The Morgan fingerprint density at radius 2 is 1.82 bits per heavy atom. The summed E-state index contributed by atoms with van der Waals surface area (Å²) < 4.78 is 18.0. The van der Waals surface area contributed by atoms with Crippen LogP contribution in [0.4, 0.5) is 4.39 Å². The highest BCUT2D eigenvalue weighted by molar-refractivity contribution is 5.52. The first-order valence-electron chi connectivity index (χ1n) is 12.7. The number of pyridine rings is 1. The zero-order chi connectivity index (χ0) is 29.1. The molecule has 1 aliphatic rings. The number of hydrogen-bond acceptors (Lipinski definition) is 6. The standard InChI is InChI=1S/C17H20N2O.C10H14FN.C3H4N2.CH5N/c1-3-7-16(8-4-1)20-17-9-10-18-15(13-17)14-19-11-5-2-6-12-19;1-3-10(5-4-8-12)7-6-9(2)11;1-2-5-3-4;1-2/h1,3-4,7-10,13H,2,5-6,11-12,14H2;3-7H,2,8,12H2,1H3;1,3H,(H2,4,5);2H2,1H3/b;5-4+,7-6-,10-3-;;. The van der Waals surface area contributed by atoms with E-state index in [4.69, 9.17) is 16.2 Å². The molecule has 0 saturated carbocycles. The van der Waals surface area contributed by atoms with Crippen LogP contribution in [0.15, 0.2) is 102 Å². The average molecular weight is 535 g/mol. The lowest BCUT2D eigenvalue weighted by molar-refractivity contribution is 0.218. The van der Waals surface area contributed by atoms with Crippen molar-refractivity contribution >= 4 is 6.34 Å². The Morgan fingerprint density at radius 3 is 2.36 bits per heavy atom. The van der Waals surface area contributed by atoms with E-state index in [-0.39, 0.29) is 0 Å². The van der Waals surface area contributed by atoms with Gasteiger partial charge in [-0.05, 0) is 69.8 Å². The maximum atomic E-state index is 12.2. The Labute approximate surface area is 233 Å². The first kappa shape index (κ1) is 35.0. The zero-order valence-electron chi connectivity index (χ0n) is 23.2. The molecule has 0 aliphatic carbocycles. The maximum Gasteiger partial charge on any atom is 0.130 e. The second kappa shape index (κ2) is 24.3. The molecule has 0 atom stereocenters. The van der Waals surface area contributed by atoms with Gasteiger partial charge >= 0.3 is 0 Å². The first-order chi connectivity index (χ1) is 19.0. The minimum atomic E-state index is -0.449. The number of aliphatic imine (C=N–C) groups is 1. The summed E-state index contributed by atoms with van der Waals surface area (Å²) in [6, 6.07) is 15.8. The van der Waals surface area contributed by atoms with Crippen molar-refractivity contribution in [1.29, 1.82) is 0 Å². The third kappa shape index (κ3) is 18.8. The van der Waals surface area contributed by atoms with E-state index in [9.17, 15) is 4.39 Å². The Kier molecular flexibility index (Phi) is 21.8. The van der Waals surface area contributed by atoms with E-state index in [1.165, 1.54) is 45.5 Å². The number of rotatable bonds is 8. The lowest BCUT2D eigenvalue weighted by atomic mass is 10.1. The Morgan fingerprint density at radius 1 is 1.13 bits per heavy atom. The second-order valence-corrected chi connectivity index (χ2v) is 7.85. The van der Waals surface area contributed by atoms with Gasteiger partial charge in [0.15, 0.2) is 0 Å². The third-order valence-corrected chi connectivity index (χ3v) is 4.99. The Balaban J connectivity index is 0.000000650. The summed E-state index contributed by atoms with van der Waals surface area (Å²) in [6.07, 6.45) is 20.0. The molecule has 210 valence electrons. The molecule has 7 nitrogen and oxygen atoms in total. The highest BCUT2D eigenvalue weighted by Crippen LogP contribution is 2.22. The van der Waals surface area contributed by atoms with Gasteiger partial charge in [-0.2, -0.15) is 4.99 Å². The second-order valence-electron chi connectivity index (χ2n) is 7.85. The summed E-state index contributed by atoms with van der Waals surface area (Å²) in [4.78, 5) is 10.1. The number of piperidine rings is 1. The highest BCUT2D eigenvalue weighted by atomic mass is 19.1. The normalized spacial score (nSPS) is 13.4. The molecule has 0 bridgehead atoms. The molecule has 1 aromatic heterocycles. The van der Waals surface area contributed by atoms with Crippen LogP contribution in [0.3, 0.4) is 0 Å². The smallest absolute Gasteiger partial charge is 0.130 e. The molecule has 0 radical (unpaired) electrons. The van der Waals surface area contributed by atoms with Crippen LogP contribution in [0, 0.1) is 12.5 Å². The van der Waals surface area contributed by atoms with Gasteiger partial charge in [0.2, 0.25) is 0 Å². The number of likely N-dealkylation sites (tertiary alicyclic amines) is 1. The van der Waals surface area contributed by atoms with Crippen molar-refractivity contribution in [1.82, 2.24) is 9.88 Å². The van der Waals surface area contributed by atoms with E-state index < -0.39 is 5.83 Å². The van der Waals surface area contributed by atoms with Gasteiger partial charge in [-0.1, -0.05) is 61.9 Å². The fourth-order valence-corrected chi connectivity index (χ4v) is 3.26. The molecule has 0 unspecified atom stereocenters. The molecule has 8 heteroatoms. The summed E-state index contributed by atoms with van der Waals surface area (Å²) in [6.45, 7) is 8.77. The number of allylic oxidation sites excluding steroid dienone is 6. The van der Waals surface area contributed by atoms with Crippen LogP contribution in [-0.4, -0.2) is 42.9 Å². The molecule has 39 heavy (non-hydrogen) atoms. The van der Waals surface area contributed by atoms with Crippen molar-refractivity contribution in [3.8, 4) is 24.0 Å². The van der Waals surface area contributed by atoms with Gasteiger partial charge in [-0.25, -0.2) is 4.39 Å². The van der Waals surface area contributed by atoms with E-state index in [0.717, 1.165) is 35.6 Å². The van der Waals surface area contributed by atoms with Crippen LogP contribution in [0.25, 0.3) is 0 Å². The number of para-hydroxylation sites is 1. The predicted octanol–water partition coefficient (Wildman–Crippen LogP) is 5.49. The monoisotopic (exact) mass is 534 g/mol. The molecular formula is C31H43FN6O. The number of aromatic nitrogens is 1. The van der Waals surface area contributed by atoms with Crippen molar-refractivity contribution in [3.63, 3.8) is 0 Å². The van der Waals surface area contributed by atoms with E-state index in [1.807, 2.05) is 73.8 Å². The number of hydrogen-bond donors (Lipinski definition) is 3. The minimum absolute atomic E-state index is 0.449. The lowest BCUT2D eigenvalue weighted by Gasteiger charge is -2.25. The number of ether oxygens (including phenoxy) is 1. The molecule has 2 heterocycles. The lowest BCUT2D eigenvalue weighted by Crippen LogP contribution is -2.29. The third-order valence-electron chi connectivity index (χ3n) is 4.99. The van der Waals surface area contributed by atoms with Crippen molar-refractivity contribution in [2.24, 2.45) is 22.2 Å². The van der Waals surface area contributed by atoms with Gasteiger partial charge in [-0.15, -0.1) is 0 Å². The van der Waals surface area contributed by atoms with E-state index in [0.29, 0.717) is 6.54 Å². The molecule has 1 saturated heterocycles. The molecule has 2 aromatic rings. The van der Waals surface area contributed by atoms with Gasteiger partial charge in [0.25, 0.3) is 0 Å². The Bertz CT molecular complexity index is 1070. The molecule has 1 fully saturated rings.